The van der Waals surface area contributed by atoms with Crippen LogP contribution in [0.5, 0.6) is 5.75 Å². The van der Waals surface area contributed by atoms with Crippen molar-refractivity contribution in [2.24, 2.45) is 11.8 Å². The van der Waals surface area contributed by atoms with Crippen LogP contribution in [-0.2, 0) is 9.59 Å². The number of nitrogens with one attached hydrogen (secondary N) is 2. The zero-order valence-corrected chi connectivity index (χ0v) is 15.8. The molecule has 0 spiro atoms. The standard InChI is InChI=1S/C21H30N2O3/c1-14(2)26-19-12-8-7-11-18(19)23-21(25)17-13-16(17)20(24)22-15-9-5-3-4-6-10-15/h7-8,11-12,14-17H,3-6,9-10,13H2,1-2H3,(H,22,24)(H,23,25). The van der Waals surface area contributed by atoms with Crippen LogP contribution in [0.1, 0.15) is 58.8 Å². The SMILES string of the molecule is CC(C)Oc1ccccc1NC(=O)C1CC1C(=O)NC1CCCCCC1. The fraction of sp³-hybridized carbons (Fsp3) is 0.619. The Hall–Kier alpha value is -2.04. The van der Waals surface area contributed by atoms with Crippen LogP contribution in [0.15, 0.2) is 24.3 Å². The van der Waals surface area contributed by atoms with Crippen molar-refractivity contribution in [2.75, 3.05) is 5.32 Å². The highest BCUT2D eigenvalue weighted by Gasteiger charge is 2.48. The molecule has 26 heavy (non-hydrogen) atoms. The lowest BCUT2D eigenvalue weighted by molar-refractivity contribution is -0.125. The second-order valence-electron chi connectivity index (χ2n) is 7.80. The Morgan fingerprint density at radius 1 is 1.00 bits per heavy atom. The Morgan fingerprint density at radius 2 is 1.65 bits per heavy atom. The lowest BCUT2D eigenvalue weighted by atomic mass is 10.1. The van der Waals surface area contributed by atoms with E-state index in [0.29, 0.717) is 17.9 Å². The third-order valence-electron chi connectivity index (χ3n) is 5.17. The van der Waals surface area contributed by atoms with Gasteiger partial charge < -0.3 is 15.4 Å². The van der Waals surface area contributed by atoms with E-state index in [1.807, 2.05) is 38.1 Å². The number of carbonyl (C=O) groups is 2. The molecular weight excluding hydrogens is 328 g/mol. The van der Waals surface area contributed by atoms with E-state index in [0.717, 1.165) is 12.8 Å². The van der Waals surface area contributed by atoms with E-state index in [-0.39, 0.29) is 35.8 Å². The molecule has 5 heteroatoms. The van der Waals surface area contributed by atoms with E-state index in [1.54, 1.807) is 0 Å². The van der Waals surface area contributed by atoms with Gasteiger partial charge in [0.25, 0.3) is 0 Å². The number of rotatable bonds is 6. The molecule has 2 aliphatic carbocycles. The molecule has 2 fully saturated rings. The van der Waals surface area contributed by atoms with Gasteiger partial charge in [-0.05, 0) is 45.2 Å². The largest absolute Gasteiger partial charge is 0.489 e. The minimum atomic E-state index is -0.229. The molecule has 1 aromatic carbocycles. The molecule has 0 heterocycles. The van der Waals surface area contributed by atoms with Crippen LogP contribution < -0.4 is 15.4 Å². The highest BCUT2D eigenvalue weighted by atomic mass is 16.5. The maximum absolute atomic E-state index is 12.5. The molecule has 5 nitrogen and oxygen atoms in total. The number of anilines is 1. The first-order chi connectivity index (χ1) is 12.5. The van der Waals surface area contributed by atoms with E-state index in [1.165, 1.54) is 25.7 Å². The molecule has 2 N–H and O–H groups in total. The van der Waals surface area contributed by atoms with Crippen molar-refractivity contribution < 1.29 is 14.3 Å². The normalized spacial score (nSPS) is 23.2. The number of carbonyl (C=O) groups excluding carboxylic acids is 2. The molecule has 142 valence electrons. The first-order valence-corrected chi connectivity index (χ1v) is 9.91. The molecule has 2 amide bonds. The lowest BCUT2D eigenvalue weighted by Crippen LogP contribution is -2.36. The summed E-state index contributed by atoms with van der Waals surface area (Å²) in [5, 5.41) is 6.10. The summed E-state index contributed by atoms with van der Waals surface area (Å²) in [6.07, 6.45) is 7.70. The zero-order valence-electron chi connectivity index (χ0n) is 15.8. The number of benzene rings is 1. The van der Waals surface area contributed by atoms with Crippen LogP contribution in [0, 0.1) is 11.8 Å². The molecule has 0 aromatic heterocycles. The van der Waals surface area contributed by atoms with E-state index in [2.05, 4.69) is 10.6 Å². The Labute approximate surface area is 155 Å². The summed E-state index contributed by atoms with van der Waals surface area (Å²) in [7, 11) is 0. The molecule has 2 saturated carbocycles. The first-order valence-electron chi connectivity index (χ1n) is 9.91. The number of para-hydroxylation sites is 2. The van der Waals surface area contributed by atoms with Crippen molar-refractivity contribution in [2.45, 2.75) is 70.9 Å². The van der Waals surface area contributed by atoms with Gasteiger partial charge in [0.15, 0.2) is 0 Å². The summed E-state index contributed by atoms with van der Waals surface area (Å²) in [5.74, 6) is 0.204. The molecule has 0 aliphatic heterocycles. The fourth-order valence-electron chi connectivity index (χ4n) is 3.66. The van der Waals surface area contributed by atoms with Crippen molar-refractivity contribution in [1.29, 1.82) is 0 Å². The molecule has 2 unspecified atom stereocenters. The van der Waals surface area contributed by atoms with E-state index >= 15 is 0 Å². The van der Waals surface area contributed by atoms with Crippen LogP contribution in [-0.4, -0.2) is 24.0 Å². The number of amides is 2. The highest BCUT2D eigenvalue weighted by molar-refractivity contribution is 6.00. The van der Waals surface area contributed by atoms with E-state index in [4.69, 9.17) is 4.74 Å². The minimum absolute atomic E-state index is 0.0343. The molecule has 0 bridgehead atoms. The smallest absolute Gasteiger partial charge is 0.228 e. The molecule has 3 rings (SSSR count). The van der Waals surface area contributed by atoms with Crippen molar-refractivity contribution in [3.63, 3.8) is 0 Å². The van der Waals surface area contributed by atoms with Gasteiger partial charge in [-0.15, -0.1) is 0 Å². The summed E-state index contributed by atoms with van der Waals surface area (Å²) >= 11 is 0. The maximum atomic E-state index is 12.5. The van der Waals surface area contributed by atoms with E-state index < -0.39 is 0 Å². The van der Waals surface area contributed by atoms with E-state index in [9.17, 15) is 9.59 Å². The third kappa shape index (κ3) is 4.99. The van der Waals surface area contributed by atoms with Crippen molar-refractivity contribution in [1.82, 2.24) is 5.32 Å². The van der Waals surface area contributed by atoms with Gasteiger partial charge in [-0.25, -0.2) is 0 Å². The second kappa shape index (κ2) is 8.56. The van der Waals surface area contributed by atoms with Gasteiger partial charge in [-0.1, -0.05) is 37.8 Å². The quantitative estimate of drug-likeness (QED) is 0.758. The van der Waals surface area contributed by atoms with Gasteiger partial charge in [0, 0.05) is 6.04 Å². The predicted octanol–water partition coefficient (Wildman–Crippen LogP) is 3.89. The summed E-state index contributed by atoms with van der Waals surface area (Å²) in [5.41, 5.74) is 0.668. The van der Waals surface area contributed by atoms with Gasteiger partial charge in [0.1, 0.15) is 5.75 Å². The first kappa shape index (κ1) is 18.7. The monoisotopic (exact) mass is 358 g/mol. The Kier molecular flexibility index (Phi) is 6.17. The summed E-state index contributed by atoms with van der Waals surface area (Å²) in [6.45, 7) is 3.90. The molecular formula is C21H30N2O3. The summed E-state index contributed by atoms with van der Waals surface area (Å²) < 4.78 is 5.74. The average Bonchev–Trinajstić information content (AvgIpc) is 3.40. The molecule has 0 radical (unpaired) electrons. The predicted molar refractivity (Wildman–Crippen MR) is 102 cm³/mol. The zero-order chi connectivity index (χ0) is 18.5. The van der Waals surface area contributed by atoms with Gasteiger partial charge in [-0.2, -0.15) is 0 Å². The highest BCUT2D eigenvalue weighted by Crippen LogP contribution is 2.40. The summed E-state index contributed by atoms with van der Waals surface area (Å²) in [4.78, 5) is 25.0. The third-order valence-corrected chi connectivity index (χ3v) is 5.17. The van der Waals surface area contributed by atoms with Crippen LogP contribution >= 0.6 is 0 Å². The molecule has 2 aliphatic rings. The maximum Gasteiger partial charge on any atom is 0.228 e. The van der Waals surface area contributed by atoms with Gasteiger partial charge >= 0.3 is 0 Å². The van der Waals surface area contributed by atoms with Crippen LogP contribution in [0.25, 0.3) is 0 Å². The fourth-order valence-corrected chi connectivity index (χ4v) is 3.66. The summed E-state index contributed by atoms with van der Waals surface area (Å²) in [6, 6.07) is 7.71. The molecule has 1 aromatic rings. The Balaban J connectivity index is 1.52. The topological polar surface area (TPSA) is 67.4 Å². The van der Waals surface area contributed by atoms with Gasteiger partial charge in [0.2, 0.25) is 11.8 Å². The molecule has 2 atom stereocenters. The lowest BCUT2D eigenvalue weighted by Gasteiger charge is -2.16. The Bertz CT molecular complexity index is 636. The van der Waals surface area contributed by atoms with Crippen molar-refractivity contribution >= 4 is 17.5 Å². The van der Waals surface area contributed by atoms with Gasteiger partial charge in [-0.3, -0.25) is 9.59 Å². The average molecular weight is 358 g/mol. The molecule has 0 saturated heterocycles. The number of ether oxygens (including phenoxy) is 1. The second-order valence-corrected chi connectivity index (χ2v) is 7.80. The Morgan fingerprint density at radius 3 is 2.35 bits per heavy atom. The number of hydrogen-bond acceptors (Lipinski definition) is 3. The van der Waals surface area contributed by atoms with Crippen LogP contribution in [0.3, 0.4) is 0 Å². The minimum Gasteiger partial charge on any atom is -0.489 e. The van der Waals surface area contributed by atoms with Crippen LogP contribution in [0.4, 0.5) is 5.69 Å². The van der Waals surface area contributed by atoms with Crippen molar-refractivity contribution in [3.8, 4) is 5.75 Å². The van der Waals surface area contributed by atoms with Crippen molar-refractivity contribution in [3.05, 3.63) is 24.3 Å². The number of hydrogen-bond donors (Lipinski definition) is 2. The van der Waals surface area contributed by atoms with Gasteiger partial charge in [0.05, 0.1) is 23.6 Å². The van der Waals surface area contributed by atoms with Crippen LogP contribution in [0.2, 0.25) is 0 Å².